The second-order valence-corrected chi connectivity index (χ2v) is 8.25. The van der Waals surface area contributed by atoms with E-state index in [1.807, 2.05) is 11.9 Å². The molecule has 0 atom stereocenters. The zero-order chi connectivity index (χ0) is 17.2. The third kappa shape index (κ3) is 3.71. The van der Waals surface area contributed by atoms with Crippen molar-refractivity contribution in [1.29, 1.82) is 0 Å². The van der Waals surface area contributed by atoms with E-state index in [-0.39, 0.29) is 0 Å². The maximum absolute atomic E-state index is 12.7. The average molecular weight is 358 g/mol. The molecule has 0 amide bonds. The number of likely N-dealkylation sites (N-methyl/N-ethyl adjacent to an activating group) is 1. The first-order chi connectivity index (χ1) is 11.5. The maximum Gasteiger partial charge on any atom is 0.318 e. The Morgan fingerprint density at radius 2 is 1.54 bits per heavy atom. The highest BCUT2D eigenvalue weighted by Crippen LogP contribution is 2.19. The molecular weight excluding hydrogens is 332 g/mol. The quantitative estimate of drug-likeness (QED) is 0.710. The van der Waals surface area contributed by atoms with E-state index in [0.717, 1.165) is 25.9 Å². The first-order valence-electron chi connectivity index (χ1n) is 8.52. The number of rotatable bonds is 5. The van der Waals surface area contributed by atoms with Gasteiger partial charge in [-0.05, 0) is 13.5 Å². The second kappa shape index (κ2) is 7.34. The topological polar surface area (TPSA) is 86.0 Å². The molecule has 0 N–H and O–H groups in total. The standard InChI is InChI=1S/C14H26N6O3S/c1-3-4-13-15-16-14(23-13)18-7-11-20(12-8-18)24(21,22)19-9-5-17(2)6-10-19/h3-12H2,1-2H3. The van der Waals surface area contributed by atoms with E-state index < -0.39 is 10.2 Å². The third-order valence-corrected chi connectivity index (χ3v) is 6.58. The molecule has 2 saturated heterocycles. The second-order valence-electron chi connectivity index (χ2n) is 6.32. The highest BCUT2D eigenvalue weighted by Gasteiger charge is 2.34. The summed E-state index contributed by atoms with van der Waals surface area (Å²) < 4.78 is 34.3. The van der Waals surface area contributed by atoms with Gasteiger partial charge in [-0.2, -0.15) is 17.0 Å². The van der Waals surface area contributed by atoms with Crippen LogP contribution in [0.15, 0.2) is 4.42 Å². The van der Waals surface area contributed by atoms with Crippen molar-refractivity contribution in [1.82, 2.24) is 23.7 Å². The Kier molecular flexibility index (Phi) is 5.38. The van der Waals surface area contributed by atoms with Gasteiger partial charge in [-0.3, -0.25) is 0 Å². The molecule has 2 aliphatic rings. The summed E-state index contributed by atoms with van der Waals surface area (Å²) in [5.74, 6) is 0.639. The molecule has 1 aromatic heterocycles. The molecule has 9 nitrogen and oxygen atoms in total. The van der Waals surface area contributed by atoms with Crippen molar-refractivity contribution < 1.29 is 12.8 Å². The molecule has 0 bridgehead atoms. The summed E-state index contributed by atoms with van der Waals surface area (Å²) in [4.78, 5) is 4.11. The number of anilines is 1. The van der Waals surface area contributed by atoms with Crippen LogP contribution in [0.25, 0.3) is 0 Å². The lowest BCUT2D eigenvalue weighted by Crippen LogP contribution is -2.56. The van der Waals surface area contributed by atoms with Crippen molar-refractivity contribution in [3.63, 3.8) is 0 Å². The van der Waals surface area contributed by atoms with Crippen molar-refractivity contribution in [2.75, 3.05) is 64.3 Å². The van der Waals surface area contributed by atoms with Gasteiger partial charge in [-0.1, -0.05) is 12.0 Å². The molecule has 0 spiro atoms. The molecular formula is C14H26N6O3S. The highest BCUT2D eigenvalue weighted by atomic mass is 32.2. The molecule has 0 aliphatic carbocycles. The number of piperazine rings is 2. The Labute approximate surface area is 143 Å². The van der Waals surface area contributed by atoms with Crippen molar-refractivity contribution in [2.45, 2.75) is 19.8 Å². The minimum atomic E-state index is -3.37. The van der Waals surface area contributed by atoms with E-state index in [9.17, 15) is 8.42 Å². The molecule has 2 fully saturated rings. The largest absolute Gasteiger partial charge is 0.408 e. The zero-order valence-corrected chi connectivity index (χ0v) is 15.2. The molecule has 0 saturated carbocycles. The van der Waals surface area contributed by atoms with Gasteiger partial charge in [0.2, 0.25) is 5.89 Å². The SMILES string of the molecule is CCCc1nnc(N2CCN(S(=O)(=O)N3CCN(C)CC3)CC2)o1. The van der Waals surface area contributed by atoms with Gasteiger partial charge in [0.1, 0.15) is 0 Å². The van der Waals surface area contributed by atoms with Gasteiger partial charge in [-0.15, -0.1) is 5.10 Å². The van der Waals surface area contributed by atoms with Crippen LogP contribution in [-0.2, 0) is 16.6 Å². The number of hydrogen-bond acceptors (Lipinski definition) is 7. The van der Waals surface area contributed by atoms with Crippen molar-refractivity contribution >= 4 is 16.2 Å². The number of aryl methyl sites for hydroxylation is 1. The van der Waals surface area contributed by atoms with Crippen LogP contribution in [0.5, 0.6) is 0 Å². The molecule has 2 aliphatic heterocycles. The Hall–Kier alpha value is -1.23. The summed E-state index contributed by atoms with van der Waals surface area (Å²) >= 11 is 0. The Morgan fingerprint density at radius 1 is 0.958 bits per heavy atom. The molecule has 10 heteroatoms. The minimum Gasteiger partial charge on any atom is -0.408 e. The van der Waals surface area contributed by atoms with Crippen LogP contribution in [0.2, 0.25) is 0 Å². The van der Waals surface area contributed by atoms with E-state index in [2.05, 4.69) is 22.0 Å². The third-order valence-electron chi connectivity index (χ3n) is 4.54. The fourth-order valence-electron chi connectivity index (χ4n) is 2.98. The predicted octanol–water partition coefficient (Wildman–Crippen LogP) is -0.364. The molecule has 136 valence electrons. The Bertz CT molecular complexity index is 633. The zero-order valence-electron chi connectivity index (χ0n) is 14.4. The number of hydrogen-bond donors (Lipinski definition) is 0. The van der Waals surface area contributed by atoms with E-state index in [1.54, 1.807) is 8.61 Å². The van der Waals surface area contributed by atoms with Gasteiger partial charge in [0.15, 0.2) is 0 Å². The summed E-state index contributed by atoms with van der Waals surface area (Å²) in [6, 6.07) is 0.495. The fraction of sp³-hybridized carbons (Fsp3) is 0.857. The molecule has 3 heterocycles. The van der Waals surface area contributed by atoms with Gasteiger partial charge in [0.05, 0.1) is 0 Å². The highest BCUT2D eigenvalue weighted by molar-refractivity contribution is 7.86. The first-order valence-corrected chi connectivity index (χ1v) is 9.91. The van der Waals surface area contributed by atoms with Crippen LogP contribution in [0.4, 0.5) is 6.01 Å². The Balaban J connectivity index is 1.57. The average Bonchev–Trinajstić information content (AvgIpc) is 3.04. The van der Waals surface area contributed by atoms with Crippen LogP contribution in [0, 0.1) is 0 Å². The van der Waals surface area contributed by atoms with Crippen LogP contribution >= 0.6 is 0 Å². The smallest absolute Gasteiger partial charge is 0.318 e. The molecule has 1 aromatic rings. The van der Waals surface area contributed by atoms with Crippen LogP contribution in [0.1, 0.15) is 19.2 Å². The first kappa shape index (κ1) is 17.6. The van der Waals surface area contributed by atoms with E-state index in [4.69, 9.17) is 4.42 Å². The summed E-state index contributed by atoms with van der Waals surface area (Å²) in [5, 5.41) is 8.10. The summed E-state index contributed by atoms with van der Waals surface area (Å²) in [6.45, 7) is 6.77. The Morgan fingerprint density at radius 3 is 2.12 bits per heavy atom. The lowest BCUT2D eigenvalue weighted by Gasteiger charge is -2.38. The van der Waals surface area contributed by atoms with Crippen LogP contribution in [0.3, 0.4) is 0 Å². The van der Waals surface area contributed by atoms with Crippen molar-refractivity contribution in [3.05, 3.63) is 5.89 Å². The van der Waals surface area contributed by atoms with E-state index in [0.29, 0.717) is 51.2 Å². The lowest BCUT2D eigenvalue weighted by molar-refractivity contribution is 0.210. The number of aromatic nitrogens is 2. The molecule has 24 heavy (non-hydrogen) atoms. The lowest BCUT2D eigenvalue weighted by atomic mass is 10.3. The molecule has 3 rings (SSSR count). The van der Waals surface area contributed by atoms with Gasteiger partial charge < -0.3 is 14.2 Å². The van der Waals surface area contributed by atoms with Crippen LogP contribution in [-0.4, -0.2) is 91.5 Å². The minimum absolute atomic E-state index is 0.445. The van der Waals surface area contributed by atoms with Gasteiger partial charge in [-0.25, -0.2) is 0 Å². The molecule has 0 unspecified atom stereocenters. The van der Waals surface area contributed by atoms with Gasteiger partial charge in [0, 0.05) is 58.8 Å². The van der Waals surface area contributed by atoms with Crippen molar-refractivity contribution in [3.8, 4) is 0 Å². The number of nitrogens with zero attached hydrogens (tertiary/aromatic N) is 6. The fourth-order valence-corrected chi connectivity index (χ4v) is 4.56. The summed E-state index contributed by atoms with van der Waals surface area (Å²) in [5.41, 5.74) is 0. The predicted molar refractivity (Wildman–Crippen MR) is 90.1 cm³/mol. The normalized spacial score (nSPS) is 22.2. The van der Waals surface area contributed by atoms with Gasteiger partial charge in [0.25, 0.3) is 10.2 Å². The summed E-state index contributed by atoms with van der Waals surface area (Å²) in [6.07, 6.45) is 1.73. The van der Waals surface area contributed by atoms with Gasteiger partial charge >= 0.3 is 6.01 Å². The monoisotopic (exact) mass is 358 g/mol. The summed E-state index contributed by atoms with van der Waals surface area (Å²) in [7, 11) is -1.36. The molecule has 0 aromatic carbocycles. The van der Waals surface area contributed by atoms with E-state index in [1.165, 1.54) is 0 Å². The van der Waals surface area contributed by atoms with Crippen LogP contribution < -0.4 is 4.90 Å². The van der Waals surface area contributed by atoms with E-state index >= 15 is 0 Å². The van der Waals surface area contributed by atoms with Crippen molar-refractivity contribution in [2.24, 2.45) is 0 Å². The molecule has 0 radical (unpaired) electrons. The maximum atomic E-state index is 12.7.